The molecular weight excluding hydrogens is 761 g/mol. The normalized spacial score (nSPS) is 17.5. The highest BCUT2D eigenvalue weighted by atomic mass is 32.2. The number of anilines is 1. The van der Waals surface area contributed by atoms with E-state index in [4.69, 9.17) is 4.74 Å². The second kappa shape index (κ2) is 17.1. The molecule has 1 aliphatic rings. The lowest BCUT2D eigenvalue weighted by atomic mass is 9.84. The quantitative estimate of drug-likeness (QED) is 0.138. The first kappa shape index (κ1) is 41.0. The topological polar surface area (TPSA) is 126 Å². The van der Waals surface area contributed by atoms with Gasteiger partial charge in [0.2, 0.25) is 15.9 Å². The van der Waals surface area contributed by atoms with Crippen LogP contribution in [0.4, 0.5) is 41.2 Å². The summed E-state index contributed by atoms with van der Waals surface area (Å²) < 4.78 is 134. The zero-order valence-corrected chi connectivity index (χ0v) is 30.0. The summed E-state index contributed by atoms with van der Waals surface area (Å²) >= 11 is 0. The SMILES string of the molecule is COC(=O)N[C@H](C(=O)Nc1cccc(F)c1CC[C@H]1CNC[C@H](C)N1S(=O)(=O)c1ccc(OC(F)(F)F)cc1)[C@@H](c1ccc(F)cc1)c1cc(F)cc(F)c1. The van der Waals surface area contributed by atoms with Crippen LogP contribution in [0.5, 0.6) is 5.75 Å². The zero-order chi connectivity index (χ0) is 40.1. The number of hydrogen-bond donors (Lipinski definition) is 3. The minimum Gasteiger partial charge on any atom is -0.453 e. The van der Waals surface area contributed by atoms with Gasteiger partial charge in [0.25, 0.3) is 0 Å². The van der Waals surface area contributed by atoms with Crippen LogP contribution in [0, 0.1) is 23.3 Å². The lowest BCUT2D eigenvalue weighted by molar-refractivity contribution is -0.274. The number of alkyl halides is 3. The molecule has 0 unspecified atom stereocenters. The Hall–Kier alpha value is -5.20. The van der Waals surface area contributed by atoms with Crippen LogP contribution in [0.3, 0.4) is 0 Å². The first-order valence-corrected chi connectivity index (χ1v) is 18.1. The molecule has 0 spiro atoms. The van der Waals surface area contributed by atoms with E-state index in [-0.39, 0.29) is 53.2 Å². The molecule has 1 fully saturated rings. The monoisotopic (exact) mass is 796 g/mol. The van der Waals surface area contributed by atoms with Crippen LogP contribution < -0.4 is 20.7 Å². The van der Waals surface area contributed by atoms with Gasteiger partial charge in [0.15, 0.2) is 0 Å². The van der Waals surface area contributed by atoms with Crippen molar-refractivity contribution in [2.45, 2.75) is 55.1 Å². The van der Waals surface area contributed by atoms with Crippen LogP contribution in [-0.4, -0.2) is 69.4 Å². The van der Waals surface area contributed by atoms with Crippen LogP contribution in [0.1, 0.15) is 36.0 Å². The molecule has 1 aliphatic heterocycles. The Kier molecular flexibility index (Phi) is 12.7. The van der Waals surface area contributed by atoms with E-state index >= 15 is 4.39 Å². The van der Waals surface area contributed by atoms with Crippen molar-refractivity contribution in [1.82, 2.24) is 14.9 Å². The van der Waals surface area contributed by atoms with E-state index in [9.17, 15) is 44.3 Å². The third kappa shape index (κ3) is 10.1. The number of nitrogens with one attached hydrogen (secondary N) is 3. The number of benzene rings is 4. The van der Waals surface area contributed by atoms with Gasteiger partial charge in [-0.3, -0.25) is 4.79 Å². The minimum absolute atomic E-state index is 0.000253. The Morgan fingerprint density at radius 3 is 2.16 bits per heavy atom. The number of alkyl carbamates (subject to hydrolysis) is 1. The predicted molar refractivity (Wildman–Crippen MR) is 186 cm³/mol. The van der Waals surface area contributed by atoms with Crippen molar-refractivity contribution in [3.8, 4) is 5.75 Å². The molecule has 1 saturated heterocycles. The Labute approximate surface area is 311 Å². The molecule has 0 aromatic heterocycles. The number of nitrogens with zero attached hydrogens (tertiary/aromatic N) is 1. The molecular formula is C37H35F7N4O6S. The van der Waals surface area contributed by atoms with Gasteiger partial charge in [-0.05, 0) is 91.6 Å². The van der Waals surface area contributed by atoms with Crippen LogP contribution in [-0.2, 0) is 26.0 Å². The van der Waals surface area contributed by atoms with Gasteiger partial charge in [-0.15, -0.1) is 13.2 Å². The lowest BCUT2D eigenvalue weighted by Gasteiger charge is -2.40. The number of carbonyl (C=O) groups is 2. The Bertz CT molecular complexity index is 2080. The summed E-state index contributed by atoms with van der Waals surface area (Å²) in [6.45, 7) is 2.00. The molecule has 0 saturated carbocycles. The molecule has 294 valence electrons. The second-order valence-corrected chi connectivity index (χ2v) is 14.5. The fourth-order valence-electron chi connectivity index (χ4n) is 6.54. The maximum atomic E-state index is 15.6. The standard InChI is InChI=1S/C37H35F7N4O6S/c1-21-19-45-20-27(48(21)55(51,52)29-13-11-28(12-14-29)54-37(42,43)44)10-15-30-31(41)4-3-5-32(30)46-35(49)34(47-36(50)53-2)33(22-6-8-24(38)9-7-22)23-16-25(39)18-26(40)17-23/h3-9,11-14,16-18,21,27,33-34,45H,10,15,19-20H2,1-2H3,(H,46,49)(H,47,50)/t21-,27-,33-,34-/m0/s1. The summed E-state index contributed by atoms with van der Waals surface area (Å²) in [4.78, 5) is 26.4. The van der Waals surface area contributed by atoms with Gasteiger partial charge in [0.05, 0.1) is 12.0 Å². The van der Waals surface area contributed by atoms with Gasteiger partial charge in [-0.2, -0.15) is 4.31 Å². The minimum atomic E-state index is -4.98. The molecule has 4 atom stereocenters. The molecule has 0 aliphatic carbocycles. The highest BCUT2D eigenvalue weighted by molar-refractivity contribution is 7.89. The summed E-state index contributed by atoms with van der Waals surface area (Å²) in [5.74, 6) is -6.34. The van der Waals surface area contributed by atoms with Crippen LogP contribution in [0.15, 0.2) is 89.8 Å². The van der Waals surface area contributed by atoms with Gasteiger partial charge in [0, 0.05) is 48.4 Å². The number of rotatable bonds is 12. The molecule has 3 N–H and O–H groups in total. The number of methoxy groups -OCH3 is 1. The van der Waals surface area contributed by atoms with Crippen molar-refractivity contribution < 1.29 is 58.2 Å². The largest absolute Gasteiger partial charge is 0.573 e. The highest BCUT2D eigenvalue weighted by Crippen LogP contribution is 2.33. The second-order valence-electron chi connectivity index (χ2n) is 12.7. The van der Waals surface area contributed by atoms with E-state index in [0.29, 0.717) is 6.07 Å². The van der Waals surface area contributed by atoms with E-state index in [2.05, 4.69) is 20.7 Å². The zero-order valence-electron chi connectivity index (χ0n) is 29.2. The molecule has 1 heterocycles. The Morgan fingerprint density at radius 2 is 1.55 bits per heavy atom. The summed E-state index contributed by atoms with van der Waals surface area (Å²) in [6.07, 6.45) is -6.23. The summed E-state index contributed by atoms with van der Waals surface area (Å²) in [5.41, 5.74) is -0.0588. The van der Waals surface area contributed by atoms with Gasteiger partial charge in [0.1, 0.15) is 35.1 Å². The van der Waals surface area contributed by atoms with Gasteiger partial charge in [-0.1, -0.05) is 18.2 Å². The molecule has 2 amide bonds. The Balaban J connectivity index is 1.44. The number of amides is 2. The van der Waals surface area contributed by atoms with E-state index in [0.717, 1.165) is 61.7 Å². The van der Waals surface area contributed by atoms with Crippen molar-refractivity contribution in [2.75, 3.05) is 25.5 Å². The lowest BCUT2D eigenvalue weighted by Crippen LogP contribution is -2.58. The molecule has 4 aromatic carbocycles. The van der Waals surface area contributed by atoms with E-state index in [1.807, 2.05) is 0 Å². The predicted octanol–water partition coefficient (Wildman–Crippen LogP) is 6.62. The van der Waals surface area contributed by atoms with E-state index < -0.39 is 81.4 Å². The third-order valence-electron chi connectivity index (χ3n) is 8.90. The third-order valence-corrected chi connectivity index (χ3v) is 11.0. The maximum absolute atomic E-state index is 15.6. The smallest absolute Gasteiger partial charge is 0.453 e. The van der Waals surface area contributed by atoms with E-state index in [1.54, 1.807) is 6.92 Å². The van der Waals surface area contributed by atoms with Crippen molar-refractivity contribution in [2.24, 2.45) is 0 Å². The van der Waals surface area contributed by atoms with Crippen molar-refractivity contribution >= 4 is 27.7 Å². The highest BCUT2D eigenvalue weighted by Gasteiger charge is 2.39. The van der Waals surface area contributed by atoms with Crippen molar-refractivity contribution in [3.05, 3.63) is 125 Å². The van der Waals surface area contributed by atoms with Gasteiger partial charge >= 0.3 is 12.5 Å². The number of hydrogen-bond acceptors (Lipinski definition) is 7. The summed E-state index contributed by atoms with van der Waals surface area (Å²) in [6, 6.07) is 11.5. The fraction of sp³-hybridized carbons (Fsp3) is 0.297. The number of carbonyl (C=O) groups excluding carboxylic acids is 2. The summed E-state index contributed by atoms with van der Waals surface area (Å²) in [7, 11) is -3.28. The molecule has 0 radical (unpaired) electrons. The summed E-state index contributed by atoms with van der Waals surface area (Å²) in [5, 5.41) is 8.06. The van der Waals surface area contributed by atoms with Gasteiger partial charge in [-0.25, -0.2) is 30.8 Å². The average molecular weight is 797 g/mol. The van der Waals surface area contributed by atoms with Crippen molar-refractivity contribution in [3.63, 3.8) is 0 Å². The molecule has 55 heavy (non-hydrogen) atoms. The Morgan fingerprint density at radius 1 is 0.891 bits per heavy atom. The number of halogens is 7. The molecule has 0 bridgehead atoms. The average Bonchev–Trinajstić information content (AvgIpc) is 3.10. The molecule has 10 nitrogen and oxygen atoms in total. The molecule has 4 aromatic rings. The van der Waals surface area contributed by atoms with Crippen LogP contribution >= 0.6 is 0 Å². The number of ether oxygens (including phenoxy) is 2. The van der Waals surface area contributed by atoms with E-state index in [1.165, 1.54) is 28.6 Å². The molecule has 18 heteroatoms. The first-order valence-electron chi connectivity index (χ1n) is 16.7. The van der Waals surface area contributed by atoms with Crippen LogP contribution in [0.2, 0.25) is 0 Å². The van der Waals surface area contributed by atoms with Gasteiger partial charge < -0.3 is 25.4 Å². The maximum Gasteiger partial charge on any atom is 0.573 e. The first-order chi connectivity index (χ1) is 26.0. The van der Waals surface area contributed by atoms with Crippen molar-refractivity contribution in [1.29, 1.82) is 0 Å². The van der Waals surface area contributed by atoms with Crippen LogP contribution in [0.25, 0.3) is 0 Å². The molecule has 5 rings (SSSR count). The number of sulfonamides is 1. The number of piperazine rings is 1. The fourth-order valence-corrected chi connectivity index (χ4v) is 8.38.